The summed E-state index contributed by atoms with van der Waals surface area (Å²) in [6, 6.07) is 4.38. The summed E-state index contributed by atoms with van der Waals surface area (Å²) in [5, 5.41) is 2.78. The zero-order valence-corrected chi connectivity index (χ0v) is 11.2. The highest BCUT2D eigenvalue weighted by atomic mass is 19.1. The molecule has 0 saturated heterocycles. The summed E-state index contributed by atoms with van der Waals surface area (Å²) >= 11 is 0. The number of hydrogen-bond donors (Lipinski definition) is 2. The van der Waals surface area contributed by atoms with E-state index in [0.717, 1.165) is 12.0 Å². The molecule has 0 fully saturated rings. The molecular weight excluding hydrogens is 231 g/mol. The second-order valence-corrected chi connectivity index (χ2v) is 5.02. The first-order valence-corrected chi connectivity index (χ1v) is 6.21. The van der Waals surface area contributed by atoms with Crippen LogP contribution in [0.1, 0.15) is 36.2 Å². The van der Waals surface area contributed by atoms with Crippen LogP contribution in [0, 0.1) is 18.7 Å². The topological polar surface area (TPSA) is 55.1 Å². The van der Waals surface area contributed by atoms with Gasteiger partial charge in [0.2, 0.25) is 0 Å². The molecule has 0 radical (unpaired) electrons. The van der Waals surface area contributed by atoms with E-state index in [1.54, 1.807) is 12.1 Å². The smallest absolute Gasteiger partial charge is 0.254 e. The van der Waals surface area contributed by atoms with Crippen LogP contribution in [-0.4, -0.2) is 18.5 Å². The molecule has 0 spiro atoms. The second-order valence-electron chi connectivity index (χ2n) is 5.02. The minimum atomic E-state index is -0.501. The Kier molecular flexibility index (Phi) is 5.28. The molecule has 3 nitrogen and oxygen atoms in total. The molecule has 4 heteroatoms. The Morgan fingerprint density at radius 2 is 2.11 bits per heavy atom. The van der Waals surface area contributed by atoms with Crippen molar-refractivity contribution in [2.24, 2.45) is 11.7 Å². The molecule has 0 aliphatic rings. The van der Waals surface area contributed by atoms with E-state index in [0.29, 0.717) is 12.5 Å². The van der Waals surface area contributed by atoms with Crippen LogP contribution >= 0.6 is 0 Å². The lowest BCUT2D eigenvalue weighted by atomic mass is 10.0. The van der Waals surface area contributed by atoms with Gasteiger partial charge in [0, 0.05) is 12.6 Å². The molecule has 1 unspecified atom stereocenters. The number of aryl methyl sites for hydroxylation is 1. The van der Waals surface area contributed by atoms with Crippen molar-refractivity contribution in [1.29, 1.82) is 0 Å². The van der Waals surface area contributed by atoms with Crippen LogP contribution < -0.4 is 11.1 Å². The molecular formula is C14H21FN2O. The summed E-state index contributed by atoms with van der Waals surface area (Å²) in [6.07, 6.45) is 0.787. The zero-order chi connectivity index (χ0) is 13.7. The van der Waals surface area contributed by atoms with Crippen LogP contribution in [0.2, 0.25) is 0 Å². The molecule has 0 aromatic heterocycles. The molecule has 1 aromatic carbocycles. The Hall–Kier alpha value is -1.42. The van der Waals surface area contributed by atoms with E-state index in [1.165, 1.54) is 6.07 Å². The van der Waals surface area contributed by atoms with Gasteiger partial charge >= 0.3 is 0 Å². The van der Waals surface area contributed by atoms with E-state index in [-0.39, 0.29) is 11.6 Å². The van der Waals surface area contributed by atoms with Crippen molar-refractivity contribution in [2.75, 3.05) is 6.54 Å². The summed E-state index contributed by atoms with van der Waals surface area (Å²) in [6.45, 7) is 6.30. The lowest BCUT2D eigenvalue weighted by Crippen LogP contribution is -2.41. The maximum Gasteiger partial charge on any atom is 0.254 e. The first kappa shape index (κ1) is 14.6. The second kappa shape index (κ2) is 6.50. The highest BCUT2D eigenvalue weighted by molar-refractivity contribution is 5.94. The first-order valence-electron chi connectivity index (χ1n) is 6.21. The molecule has 0 bridgehead atoms. The molecule has 1 rings (SSSR count). The van der Waals surface area contributed by atoms with Gasteiger partial charge in [-0.1, -0.05) is 25.5 Å². The Labute approximate surface area is 108 Å². The van der Waals surface area contributed by atoms with Gasteiger partial charge in [-0.15, -0.1) is 0 Å². The lowest BCUT2D eigenvalue weighted by molar-refractivity contribution is 0.0929. The lowest BCUT2D eigenvalue weighted by Gasteiger charge is -2.19. The highest BCUT2D eigenvalue weighted by Gasteiger charge is 2.16. The normalized spacial score (nSPS) is 12.6. The fraction of sp³-hybridized carbons (Fsp3) is 0.500. The van der Waals surface area contributed by atoms with E-state index >= 15 is 0 Å². The maximum atomic E-state index is 13.5. The van der Waals surface area contributed by atoms with Crippen molar-refractivity contribution in [2.45, 2.75) is 33.2 Å². The number of amides is 1. The van der Waals surface area contributed by atoms with Crippen molar-refractivity contribution in [1.82, 2.24) is 5.32 Å². The molecule has 0 aliphatic heterocycles. The Balaban J connectivity index is 2.77. The van der Waals surface area contributed by atoms with Gasteiger partial charge < -0.3 is 11.1 Å². The summed E-state index contributed by atoms with van der Waals surface area (Å²) in [5.41, 5.74) is 6.54. The largest absolute Gasteiger partial charge is 0.348 e. The van der Waals surface area contributed by atoms with Crippen LogP contribution in [-0.2, 0) is 0 Å². The number of rotatable bonds is 5. The molecule has 3 N–H and O–H groups in total. The van der Waals surface area contributed by atoms with Gasteiger partial charge in [0.25, 0.3) is 5.91 Å². The third-order valence-corrected chi connectivity index (χ3v) is 2.74. The van der Waals surface area contributed by atoms with Crippen LogP contribution in [0.25, 0.3) is 0 Å². The van der Waals surface area contributed by atoms with Crippen molar-refractivity contribution in [3.05, 3.63) is 35.1 Å². The number of nitrogens with two attached hydrogens (primary N) is 1. The van der Waals surface area contributed by atoms with Crippen LogP contribution in [0.4, 0.5) is 4.39 Å². The number of carbonyl (C=O) groups excluding carboxylic acids is 1. The van der Waals surface area contributed by atoms with Gasteiger partial charge in [-0.05, 0) is 31.4 Å². The van der Waals surface area contributed by atoms with Crippen molar-refractivity contribution in [3.63, 3.8) is 0 Å². The maximum absolute atomic E-state index is 13.5. The number of benzene rings is 1. The minimum absolute atomic E-state index is 0.0807. The number of halogens is 1. The molecule has 1 amide bonds. The SMILES string of the molecule is Cc1ccc(F)c(C(=O)NC(CN)CC(C)C)c1. The van der Waals surface area contributed by atoms with Crippen molar-refractivity contribution >= 4 is 5.91 Å². The summed E-state index contributed by atoms with van der Waals surface area (Å²) in [5.74, 6) is -0.466. The first-order chi connectivity index (χ1) is 8.43. The van der Waals surface area contributed by atoms with Gasteiger partial charge in [0.1, 0.15) is 5.82 Å². The van der Waals surface area contributed by atoms with Crippen molar-refractivity contribution < 1.29 is 9.18 Å². The molecule has 18 heavy (non-hydrogen) atoms. The van der Waals surface area contributed by atoms with Gasteiger partial charge in [-0.2, -0.15) is 0 Å². The standard InChI is InChI=1S/C14H21FN2O/c1-9(2)6-11(8-16)17-14(18)12-7-10(3)4-5-13(12)15/h4-5,7,9,11H,6,8,16H2,1-3H3,(H,17,18). The third kappa shape index (κ3) is 4.11. The molecule has 100 valence electrons. The van der Waals surface area contributed by atoms with Crippen LogP contribution in [0.5, 0.6) is 0 Å². The molecule has 0 heterocycles. The monoisotopic (exact) mass is 252 g/mol. The zero-order valence-electron chi connectivity index (χ0n) is 11.2. The number of carbonyl (C=O) groups is 1. The quantitative estimate of drug-likeness (QED) is 0.844. The van der Waals surface area contributed by atoms with E-state index in [1.807, 2.05) is 6.92 Å². The van der Waals surface area contributed by atoms with Crippen LogP contribution in [0.3, 0.4) is 0 Å². The minimum Gasteiger partial charge on any atom is -0.348 e. The average molecular weight is 252 g/mol. The predicted octanol–water partition coefficient (Wildman–Crippen LogP) is 2.24. The Bertz CT molecular complexity index is 418. The third-order valence-electron chi connectivity index (χ3n) is 2.74. The number of nitrogens with one attached hydrogen (secondary N) is 1. The van der Waals surface area contributed by atoms with Gasteiger partial charge in [0.05, 0.1) is 5.56 Å². The van der Waals surface area contributed by atoms with E-state index in [4.69, 9.17) is 5.73 Å². The summed E-state index contributed by atoms with van der Waals surface area (Å²) in [7, 11) is 0. The molecule has 1 atom stereocenters. The fourth-order valence-corrected chi connectivity index (χ4v) is 1.86. The average Bonchev–Trinajstić information content (AvgIpc) is 2.30. The van der Waals surface area contributed by atoms with Gasteiger partial charge in [-0.25, -0.2) is 4.39 Å². The Morgan fingerprint density at radius 1 is 1.44 bits per heavy atom. The molecule has 0 saturated carbocycles. The predicted molar refractivity (Wildman–Crippen MR) is 70.9 cm³/mol. The van der Waals surface area contributed by atoms with Gasteiger partial charge in [-0.3, -0.25) is 4.79 Å². The van der Waals surface area contributed by atoms with Crippen molar-refractivity contribution in [3.8, 4) is 0 Å². The summed E-state index contributed by atoms with van der Waals surface area (Å²) in [4.78, 5) is 12.0. The van der Waals surface area contributed by atoms with Crippen LogP contribution in [0.15, 0.2) is 18.2 Å². The fourth-order valence-electron chi connectivity index (χ4n) is 1.86. The van der Waals surface area contributed by atoms with E-state index in [9.17, 15) is 9.18 Å². The van der Waals surface area contributed by atoms with E-state index in [2.05, 4.69) is 19.2 Å². The Morgan fingerprint density at radius 3 is 2.67 bits per heavy atom. The summed E-state index contributed by atoms with van der Waals surface area (Å²) < 4.78 is 13.5. The molecule has 0 aliphatic carbocycles. The molecule has 1 aromatic rings. The van der Waals surface area contributed by atoms with Gasteiger partial charge in [0.15, 0.2) is 0 Å². The van der Waals surface area contributed by atoms with E-state index < -0.39 is 11.7 Å². The number of hydrogen-bond acceptors (Lipinski definition) is 2. The highest BCUT2D eigenvalue weighted by Crippen LogP contribution is 2.11.